The monoisotopic (exact) mass is 457 g/mol. The van der Waals surface area contributed by atoms with Gasteiger partial charge in [-0.1, -0.05) is 6.92 Å². The van der Waals surface area contributed by atoms with E-state index in [9.17, 15) is 18.0 Å². The normalized spacial score (nSPS) is 16.4. The minimum atomic E-state index is -4.78. The zero-order chi connectivity index (χ0) is 23.4. The highest BCUT2D eigenvalue weighted by molar-refractivity contribution is 6.05. The predicted molar refractivity (Wildman–Crippen MR) is 117 cm³/mol. The van der Waals surface area contributed by atoms with Crippen LogP contribution in [0.3, 0.4) is 0 Å². The average Bonchev–Trinajstić information content (AvgIpc) is 2.79. The molecule has 0 spiro atoms. The molecule has 0 aliphatic carbocycles. The van der Waals surface area contributed by atoms with Crippen LogP contribution < -0.4 is 15.0 Å². The van der Waals surface area contributed by atoms with Crippen LogP contribution in [-0.4, -0.2) is 40.3 Å². The second kappa shape index (κ2) is 9.43. The fourth-order valence-electron chi connectivity index (χ4n) is 3.81. The summed E-state index contributed by atoms with van der Waals surface area (Å²) >= 11 is 0. The molecule has 1 aliphatic rings. The number of carbonyl (C=O) groups is 1. The molecule has 1 aliphatic heterocycles. The Kier molecular flexibility index (Phi) is 6.43. The van der Waals surface area contributed by atoms with E-state index in [0.717, 1.165) is 55.0 Å². The van der Waals surface area contributed by atoms with Gasteiger partial charge < -0.3 is 15.0 Å². The minimum absolute atomic E-state index is 0.304. The molecule has 0 saturated carbocycles. The lowest BCUT2D eigenvalue weighted by Crippen LogP contribution is -2.35. The van der Waals surface area contributed by atoms with Crippen molar-refractivity contribution in [3.63, 3.8) is 0 Å². The lowest BCUT2D eigenvalue weighted by atomic mass is 9.99. The molecule has 7 nitrogen and oxygen atoms in total. The summed E-state index contributed by atoms with van der Waals surface area (Å²) in [6.07, 6.45) is 3.71. The number of rotatable bonds is 5. The number of aromatic nitrogens is 3. The van der Waals surface area contributed by atoms with E-state index in [1.807, 2.05) is 0 Å². The van der Waals surface area contributed by atoms with E-state index in [2.05, 4.69) is 36.8 Å². The lowest BCUT2D eigenvalue weighted by Gasteiger charge is -2.33. The molecule has 2 aromatic heterocycles. The van der Waals surface area contributed by atoms with Crippen molar-refractivity contribution < 1.29 is 22.7 Å². The molecule has 1 aromatic carbocycles. The maximum absolute atomic E-state index is 12.8. The first-order chi connectivity index (χ1) is 15.8. The third kappa shape index (κ3) is 5.76. The topological polar surface area (TPSA) is 80.2 Å². The van der Waals surface area contributed by atoms with E-state index in [-0.39, 0.29) is 5.75 Å². The first-order valence-electron chi connectivity index (χ1n) is 10.5. The van der Waals surface area contributed by atoms with Gasteiger partial charge in [0.15, 0.2) is 0 Å². The summed E-state index contributed by atoms with van der Waals surface area (Å²) in [5.74, 6) is 0.492. The van der Waals surface area contributed by atoms with Crippen LogP contribution >= 0.6 is 0 Å². The number of piperidine rings is 1. The third-order valence-electron chi connectivity index (χ3n) is 5.30. The van der Waals surface area contributed by atoms with E-state index in [0.29, 0.717) is 17.2 Å². The molecule has 0 bridgehead atoms. The second-order valence-corrected chi connectivity index (χ2v) is 7.94. The molecule has 0 radical (unpaired) electrons. The zero-order valence-electron chi connectivity index (χ0n) is 17.8. The van der Waals surface area contributed by atoms with Crippen molar-refractivity contribution in [3.05, 3.63) is 60.8 Å². The maximum Gasteiger partial charge on any atom is 0.573 e. The van der Waals surface area contributed by atoms with Crippen molar-refractivity contribution in [2.45, 2.75) is 26.1 Å². The smallest absolute Gasteiger partial charge is 0.406 e. The van der Waals surface area contributed by atoms with Crippen LogP contribution in [0.5, 0.6) is 5.75 Å². The van der Waals surface area contributed by atoms with E-state index >= 15 is 0 Å². The molecule has 1 amide bonds. The van der Waals surface area contributed by atoms with Crippen molar-refractivity contribution >= 4 is 17.4 Å². The van der Waals surface area contributed by atoms with Gasteiger partial charge in [0.25, 0.3) is 5.91 Å². The molecular formula is C23H22F3N5O2. The minimum Gasteiger partial charge on any atom is -0.406 e. The number of carbonyl (C=O) groups excluding carboxylic acids is 1. The van der Waals surface area contributed by atoms with Crippen molar-refractivity contribution in [2.24, 2.45) is 5.92 Å². The molecular weight excluding hydrogens is 435 g/mol. The summed E-state index contributed by atoms with van der Waals surface area (Å²) in [6, 6.07) is 6.67. The number of alkyl halides is 3. The highest BCUT2D eigenvalue weighted by Crippen LogP contribution is 2.32. The number of nitrogens with zero attached hydrogens (tertiary/aromatic N) is 4. The molecule has 1 unspecified atom stereocenters. The van der Waals surface area contributed by atoms with Crippen LogP contribution in [0.15, 0.2) is 55.2 Å². The summed E-state index contributed by atoms with van der Waals surface area (Å²) in [7, 11) is 0. The standard InChI is InChI=1S/C23H22F3N5O2/c1-15-3-2-8-31(13-15)21-20(17-10-27-14-28-11-17)9-16(12-29-21)22(32)30-18-4-6-19(7-5-18)33-23(24,25)26/h4-7,9-12,14-15H,2-3,8,13H2,1H3,(H,30,32). The number of anilines is 2. The number of amides is 1. The van der Waals surface area contributed by atoms with Gasteiger partial charge in [-0.3, -0.25) is 4.79 Å². The third-order valence-corrected chi connectivity index (χ3v) is 5.30. The van der Waals surface area contributed by atoms with Crippen LogP contribution in [0.2, 0.25) is 0 Å². The Morgan fingerprint density at radius 3 is 2.55 bits per heavy atom. The van der Waals surface area contributed by atoms with E-state index in [4.69, 9.17) is 0 Å². The van der Waals surface area contributed by atoms with Gasteiger partial charge in [0.2, 0.25) is 0 Å². The average molecular weight is 457 g/mol. The Balaban J connectivity index is 1.58. The zero-order valence-corrected chi connectivity index (χ0v) is 17.8. The van der Waals surface area contributed by atoms with Gasteiger partial charge in [-0.15, -0.1) is 13.2 Å². The SMILES string of the molecule is CC1CCCN(c2ncc(C(=O)Nc3ccc(OC(F)(F)F)cc3)cc2-c2cncnc2)C1. The van der Waals surface area contributed by atoms with E-state index in [1.54, 1.807) is 18.5 Å². The molecule has 172 valence electrons. The largest absolute Gasteiger partial charge is 0.573 e. The van der Waals surface area contributed by atoms with Crippen LogP contribution in [0.4, 0.5) is 24.7 Å². The van der Waals surface area contributed by atoms with Gasteiger partial charge in [0.1, 0.15) is 17.9 Å². The van der Waals surface area contributed by atoms with Gasteiger partial charge in [-0.25, -0.2) is 15.0 Å². The first kappa shape index (κ1) is 22.5. The Labute approximate surface area is 188 Å². The number of halogens is 3. The fraction of sp³-hybridized carbons (Fsp3) is 0.304. The Bertz CT molecular complexity index is 1110. The number of pyridine rings is 1. The van der Waals surface area contributed by atoms with Crippen molar-refractivity contribution in [3.8, 4) is 16.9 Å². The number of nitrogens with one attached hydrogen (secondary N) is 1. The van der Waals surface area contributed by atoms with Gasteiger partial charge in [0.05, 0.1) is 5.56 Å². The number of hydrogen-bond acceptors (Lipinski definition) is 6. The van der Waals surface area contributed by atoms with Crippen LogP contribution in [0.1, 0.15) is 30.1 Å². The summed E-state index contributed by atoms with van der Waals surface area (Å²) in [5.41, 5.74) is 2.11. The Morgan fingerprint density at radius 1 is 1.15 bits per heavy atom. The molecule has 33 heavy (non-hydrogen) atoms. The van der Waals surface area contributed by atoms with Crippen molar-refractivity contribution in [1.29, 1.82) is 0 Å². The second-order valence-electron chi connectivity index (χ2n) is 7.94. The van der Waals surface area contributed by atoms with Crippen molar-refractivity contribution in [1.82, 2.24) is 15.0 Å². The Morgan fingerprint density at radius 2 is 1.88 bits per heavy atom. The number of benzene rings is 1. The lowest BCUT2D eigenvalue weighted by molar-refractivity contribution is -0.274. The van der Waals surface area contributed by atoms with Crippen LogP contribution in [0, 0.1) is 5.92 Å². The van der Waals surface area contributed by atoms with Crippen LogP contribution in [0.25, 0.3) is 11.1 Å². The molecule has 1 saturated heterocycles. The quantitative estimate of drug-likeness (QED) is 0.586. The fourth-order valence-corrected chi connectivity index (χ4v) is 3.81. The summed E-state index contributed by atoms with van der Waals surface area (Å²) in [4.78, 5) is 27.8. The molecule has 1 N–H and O–H groups in total. The van der Waals surface area contributed by atoms with Gasteiger partial charge in [-0.05, 0) is 49.1 Å². The summed E-state index contributed by atoms with van der Waals surface area (Å²) in [5, 5.41) is 2.67. The van der Waals surface area contributed by atoms with E-state index in [1.165, 1.54) is 24.7 Å². The highest BCUT2D eigenvalue weighted by atomic mass is 19.4. The number of ether oxygens (including phenoxy) is 1. The molecule has 1 atom stereocenters. The first-order valence-corrected chi connectivity index (χ1v) is 10.5. The maximum atomic E-state index is 12.8. The molecule has 1 fully saturated rings. The number of hydrogen-bond donors (Lipinski definition) is 1. The molecule has 3 heterocycles. The van der Waals surface area contributed by atoms with Crippen LogP contribution in [-0.2, 0) is 0 Å². The van der Waals surface area contributed by atoms with Gasteiger partial charge in [-0.2, -0.15) is 0 Å². The molecule has 3 aromatic rings. The predicted octanol–water partition coefficient (Wildman–Crippen LogP) is 4.93. The van der Waals surface area contributed by atoms with E-state index < -0.39 is 12.3 Å². The molecule has 10 heteroatoms. The summed E-state index contributed by atoms with van der Waals surface area (Å²) in [6.45, 7) is 3.94. The Hall–Kier alpha value is -3.69. The highest BCUT2D eigenvalue weighted by Gasteiger charge is 2.31. The van der Waals surface area contributed by atoms with Gasteiger partial charge in [0, 0.05) is 48.5 Å². The van der Waals surface area contributed by atoms with Gasteiger partial charge >= 0.3 is 6.36 Å². The summed E-state index contributed by atoms with van der Waals surface area (Å²) < 4.78 is 40.8. The molecule has 4 rings (SSSR count). The van der Waals surface area contributed by atoms with Crippen molar-refractivity contribution in [2.75, 3.05) is 23.3 Å².